The molecule has 0 N–H and O–H groups in total. The topological polar surface area (TPSA) is 31.2 Å². The number of nitrogens with zero attached hydrogens (tertiary/aromatic N) is 1. The van der Waals surface area contributed by atoms with Crippen molar-refractivity contribution >= 4 is 0 Å². The second kappa shape index (κ2) is 9.48. The minimum atomic E-state index is 0.0318. The molecule has 3 aromatic carbocycles. The van der Waals surface area contributed by atoms with Crippen LogP contribution in [0.4, 0.5) is 0 Å². The van der Waals surface area contributed by atoms with E-state index in [1.54, 1.807) is 6.07 Å². The van der Waals surface area contributed by atoms with Crippen molar-refractivity contribution in [1.29, 1.82) is 0 Å². The highest BCUT2D eigenvalue weighted by Gasteiger charge is 2.17. The van der Waals surface area contributed by atoms with E-state index < -0.39 is 0 Å². The zero-order chi connectivity index (χ0) is 21.6. The van der Waals surface area contributed by atoms with Crippen LogP contribution >= 0.6 is 0 Å². The zero-order valence-electron chi connectivity index (χ0n) is 18.0. The molecule has 0 bridgehead atoms. The third-order valence-corrected chi connectivity index (χ3v) is 5.44. The molecule has 3 heteroatoms. The van der Waals surface area contributed by atoms with Gasteiger partial charge >= 0.3 is 0 Å². The monoisotopic (exact) mass is 409 g/mol. The van der Waals surface area contributed by atoms with Crippen LogP contribution in [0, 0.1) is 6.92 Å². The first-order valence-electron chi connectivity index (χ1n) is 10.8. The lowest BCUT2D eigenvalue weighted by Crippen LogP contribution is -2.15. The summed E-state index contributed by atoms with van der Waals surface area (Å²) in [5, 5.41) is 0. The number of ether oxygens (including phenoxy) is 1. The van der Waals surface area contributed by atoms with Crippen molar-refractivity contribution in [3.05, 3.63) is 107 Å². The average molecular weight is 410 g/mol. The predicted molar refractivity (Wildman–Crippen MR) is 128 cm³/mol. The van der Waals surface area contributed by atoms with Crippen LogP contribution in [0.2, 0.25) is 0 Å². The minimum Gasteiger partial charge on any atom is -0.494 e. The van der Waals surface area contributed by atoms with E-state index in [1.165, 1.54) is 0 Å². The number of hydrogen-bond donors (Lipinski definition) is 0. The third-order valence-electron chi connectivity index (χ3n) is 5.44. The highest BCUT2D eigenvalue weighted by atomic mass is 16.5. The average Bonchev–Trinajstić information content (AvgIpc) is 2.82. The van der Waals surface area contributed by atoms with E-state index in [-0.39, 0.29) is 5.43 Å². The van der Waals surface area contributed by atoms with Crippen molar-refractivity contribution in [2.75, 3.05) is 6.61 Å². The van der Waals surface area contributed by atoms with E-state index in [0.29, 0.717) is 6.61 Å². The van der Waals surface area contributed by atoms with Crippen LogP contribution in [0.1, 0.15) is 25.3 Å². The first-order chi connectivity index (χ1) is 15.2. The van der Waals surface area contributed by atoms with E-state index in [1.807, 2.05) is 79.7 Å². The molecule has 0 aliphatic heterocycles. The molecule has 0 aliphatic rings. The largest absolute Gasteiger partial charge is 0.494 e. The molecule has 0 saturated carbocycles. The van der Waals surface area contributed by atoms with Gasteiger partial charge in [-0.1, -0.05) is 61.9 Å². The summed E-state index contributed by atoms with van der Waals surface area (Å²) >= 11 is 0. The molecule has 0 spiro atoms. The Morgan fingerprint density at radius 2 is 1.45 bits per heavy atom. The summed E-state index contributed by atoms with van der Waals surface area (Å²) in [6.45, 7) is 4.77. The van der Waals surface area contributed by atoms with Crippen molar-refractivity contribution in [3.8, 4) is 34.0 Å². The lowest BCUT2D eigenvalue weighted by molar-refractivity contribution is 0.309. The van der Waals surface area contributed by atoms with Crippen molar-refractivity contribution in [3.63, 3.8) is 0 Å². The van der Waals surface area contributed by atoms with Gasteiger partial charge in [0.15, 0.2) is 5.43 Å². The summed E-state index contributed by atoms with van der Waals surface area (Å²) in [7, 11) is 0. The van der Waals surface area contributed by atoms with Gasteiger partial charge in [-0.3, -0.25) is 4.79 Å². The smallest absolute Gasteiger partial charge is 0.185 e. The Morgan fingerprint density at radius 3 is 2.10 bits per heavy atom. The van der Waals surface area contributed by atoms with Crippen molar-refractivity contribution in [2.45, 2.75) is 26.7 Å². The molecule has 1 heterocycles. The highest BCUT2D eigenvalue weighted by molar-refractivity contribution is 5.73. The molecular weight excluding hydrogens is 382 g/mol. The van der Waals surface area contributed by atoms with Gasteiger partial charge in [0.1, 0.15) is 5.75 Å². The van der Waals surface area contributed by atoms with Gasteiger partial charge < -0.3 is 9.30 Å². The summed E-state index contributed by atoms with van der Waals surface area (Å²) in [4.78, 5) is 13.0. The van der Waals surface area contributed by atoms with Crippen LogP contribution in [0.25, 0.3) is 28.2 Å². The maximum Gasteiger partial charge on any atom is 0.185 e. The fourth-order valence-corrected chi connectivity index (χ4v) is 3.76. The predicted octanol–water partition coefficient (Wildman–Crippen LogP) is 6.66. The molecule has 0 radical (unpaired) electrons. The number of benzene rings is 3. The fraction of sp³-hybridized carbons (Fsp3) is 0.179. The lowest BCUT2D eigenvalue weighted by Gasteiger charge is -2.21. The lowest BCUT2D eigenvalue weighted by atomic mass is 10.0. The van der Waals surface area contributed by atoms with Gasteiger partial charge in [-0.05, 0) is 60.9 Å². The Hall–Kier alpha value is -3.59. The molecule has 0 atom stereocenters. The summed E-state index contributed by atoms with van der Waals surface area (Å²) in [6.07, 6.45) is 2.14. The minimum absolute atomic E-state index is 0.0318. The third kappa shape index (κ3) is 4.46. The normalized spacial score (nSPS) is 10.8. The number of hydrogen-bond acceptors (Lipinski definition) is 2. The summed E-state index contributed by atoms with van der Waals surface area (Å²) in [5.41, 5.74) is 5.54. The van der Waals surface area contributed by atoms with E-state index in [0.717, 1.165) is 52.4 Å². The van der Waals surface area contributed by atoms with Gasteiger partial charge in [-0.15, -0.1) is 0 Å². The van der Waals surface area contributed by atoms with Crippen LogP contribution in [-0.4, -0.2) is 11.2 Å². The number of pyridine rings is 1. The molecule has 0 amide bonds. The first-order valence-corrected chi connectivity index (χ1v) is 10.8. The van der Waals surface area contributed by atoms with E-state index in [4.69, 9.17) is 4.74 Å². The molecule has 1 aromatic heterocycles. The maximum absolute atomic E-state index is 13.0. The standard InChI is InChI=1S/C28H27NO2/c1-3-4-19-31-25-17-15-23(16-18-25)28-21(2)27(30)20-26(22-11-7-5-8-12-22)29(28)24-13-9-6-10-14-24/h5-18,20H,3-4,19H2,1-2H3. The second-order valence-electron chi connectivity index (χ2n) is 7.63. The second-order valence-corrected chi connectivity index (χ2v) is 7.63. The van der Waals surface area contributed by atoms with E-state index in [9.17, 15) is 4.79 Å². The first kappa shape index (κ1) is 20.7. The molecule has 0 unspecified atom stereocenters. The van der Waals surface area contributed by atoms with Crippen LogP contribution in [0.15, 0.2) is 95.8 Å². The highest BCUT2D eigenvalue weighted by Crippen LogP contribution is 2.32. The molecule has 156 valence electrons. The van der Waals surface area contributed by atoms with Gasteiger partial charge in [-0.2, -0.15) is 0 Å². The molecule has 4 aromatic rings. The van der Waals surface area contributed by atoms with Gasteiger partial charge in [0.2, 0.25) is 0 Å². The van der Waals surface area contributed by atoms with Crippen molar-refractivity contribution in [2.24, 2.45) is 0 Å². The van der Waals surface area contributed by atoms with Gasteiger partial charge in [0.25, 0.3) is 0 Å². The maximum atomic E-state index is 13.0. The molecule has 0 saturated heterocycles. The van der Waals surface area contributed by atoms with Gasteiger partial charge in [0, 0.05) is 17.3 Å². The van der Waals surface area contributed by atoms with E-state index in [2.05, 4.69) is 23.6 Å². The molecule has 3 nitrogen and oxygen atoms in total. The summed E-state index contributed by atoms with van der Waals surface area (Å²) in [5.74, 6) is 0.850. The van der Waals surface area contributed by atoms with Crippen LogP contribution in [-0.2, 0) is 0 Å². The number of rotatable bonds is 7. The number of aromatic nitrogens is 1. The Bertz CT molecular complexity index is 1190. The Morgan fingerprint density at radius 1 is 0.806 bits per heavy atom. The number of unbranched alkanes of at least 4 members (excludes halogenated alkanes) is 1. The molecule has 0 fully saturated rings. The molecule has 4 rings (SSSR count). The Kier molecular flexibility index (Phi) is 6.32. The Labute approximate surface area is 183 Å². The summed E-state index contributed by atoms with van der Waals surface area (Å²) < 4.78 is 8.01. The van der Waals surface area contributed by atoms with Crippen LogP contribution < -0.4 is 10.2 Å². The van der Waals surface area contributed by atoms with Gasteiger partial charge in [0.05, 0.1) is 18.0 Å². The van der Waals surface area contributed by atoms with Crippen molar-refractivity contribution in [1.82, 2.24) is 4.57 Å². The van der Waals surface area contributed by atoms with Crippen LogP contribution in [0.3, 0.4) is 0 Å². The van der Waals surface area contributed by atoms with Crippen LogP contribution in [0.5, 0.6) is 5.75 Å². The quantitative estimate of drug-likeness (QED) is 0.320. The molecule has 31 heavy (non-hydrogen) atoms. The Balaban J connectivity index is 1.91. The molecule has 0 aliphatic carbocycles. The fourth-order valence-electron chi connectivity index (χ4n) is 3.76. The summed E-state index contributed by atoms with van der Waals surface area (Å²) in [6, 6.07) is 30.0. The molecular formula is C28H27NO2. The van der Waals surface area contributed by atoms with Crippen molar-refractivity contribution < 1.29 is 4.74 Å². The van der Waals surface area contributed by atoms with Gasteiger partial charge in [-0.25, -0.2) is 0 Å². The number of para-hydroxylation sites is 1. The van der Waals surface area contributed by atoms with E-state index >= 15 is 0 Å². The zero-order valence-corrected chi connectivity index (χ0v) is 18.0. The SMILES string of the molecule is CCCCOc1ccc(-c2c(C)c(=O)cc(-c3ccccc3)n2-c2ccccc2)cc1.